The molecule has 3 aliphatic heterocycles. The molecule has 1 saturated carbocycles. The molecule has 1 N–H and O–H groups in total. The molecule has 59 heavy (non-hydrogen) atoms. The van der Waals surface area contributed by atoms with Crippen molar-refractivity contribution in [2.24, 2.45) is 16.7 Å². The molecular formula is C44H54ClF3N6O4S. The second-order valence-electron chi connectivity index (χ2n) is 18.0. The molecule has 0 radical (unpaired) electrons. The summed E-state index contributed by atoms with van der Waals surface area (Å²) in [6, 6.07) is 15.9. The number of nitrogens with one attached hydrogen (secondary N) is 1. The van der Waals surface area contributed by atoms with E-state index < -0.39 is 27.0 Å². The number of halogens is 4. The summed E-state index contributed by atoms with van der Waals surface area (Å²) in [7, 11) is -3.49. The van der Waals surface area contributed by atoms with E-state index in [2.05, 4.69) is 53.9 Å². The summed E-state index contributed by atoms with van der Waals surface area (Å²) >= 11 is 6.24. The van der Waals surface area contributed by atoms with Crippen LogP contribution >= 0.6 is 11.6 Å². The lowest BCUT2D eigenvalue weighted by Crippen LogP contribution is -2.74. The zero-order valence-corrected chi connectivity index (χ0v) is 35.7. The van der Waals surface area contributed by atoms with Gasteiger partial charge in [-0.05, 0) is 111 Å². The lowest BCUT2D eigenvalue weighted by Gasteiger charge is -2.63. The van der Waals surface area contributed by atoms with Crippen molar-refractivity contribution < 1.29 is 31.1 Å². The van der Waals surface area contributed by atoms with Crippen LogP contribution in [0.2, 0.25) is 5.02 Å². The Balaban J connectivity index is 0.835. The number of carbonyl (C=O) groups excluding carboxylic acids is 1. The predicted molar refractivity (Wildman–Crippen MR) is 222 cm³/mol. The number of aromatic nitrogens is 1. The molecule has 4 aliphatic rings. The molecule has 7 rings (SSSR count). The molecule has 10 nitrogen and oxygen atoms in total. The van der Waals surface area contributed by atoms with Crippen molar-refractivity contribution in [1.82, 2.24) is 19.5 Å². The highest BCUT2D eigenvalue weighted by Gasteiger charge is 2.64. The van der Waals surface area contributed by atoms with Gasteiger partial charge in [-0.2, -0.15) is 18.4 Å². The Hall–Kier alpha value is -3.90. The van der Waals surface area contributed by atoms with E-state index in [0.717, 1.165) is 63.5 Å². The average Bonchev–Trinajstić information content (AvgIpc) is 3.22. The smallest absolute Gasteiger partial charge is 0.417 e. The maximum atomic E-state index is 13.6. The van der Waals surface area contributed by atoms with E-state index in [-0.39, 0.29) is 34.8 Å². The molecular weight excluding hydrogens is 801 g/mol. The highest BCUT2D eigenvalue weighted by Crippen LogP contribution is 2.55. The molecule has 3 aromatic rings. The fraction of sp³-hybridized carbons (Fsp3) is 0.568. The highest BCUT2D eigenvalue weighted by molar-refractivity contribution is 7.89. The number of rotatable bonds is 10. The van der Waals surface area contributed by atoms with E-state index in [1.54, 1.807) is 22.5 Å². The first-order chi connectivity index (χ1) is 27.9. The van der Waals surface area contributed by atoms with Gasteiger partial charge in [-0.3, -0.25) is 9.78 Å². The number of sulfonamides is 1. The number of benzene rings is 2. The van der Waals surface area contributed by atoms with Gasteiger partial charge in [-0.1, -0.05) is 39.3 Å². The molecule has 1 aromatic heterocycles. The van der Waals surface area contributed by atoms with Gasteiger partial charge < -0.3 is 19.9 Å². The largest absolute Gasteiger partial charge is 0.489 e. The molecule has 0 atom stereocenters. The van der Waals surface area contributed by atoms with Crippen LogP contribution in [0.3, 0.4) is 0 Å². The number of hydrogen-bond donors (Lipinski definition) is 1. The number of carbonyl (C=O) groups is 1. The number of nitrogens with zero attached hydrogens (tertiary/aromatic N) is 5. The lowest BCUT2D eigenvalue weighted by molar-refractivity contribution is -0.164. The van der Waals surface area contributed by atoms with Crippen molar-refractivity contribution in [2.45, 2.75) is 95.7 Å². The molecule has 0 spiro atoms. The van der Waals surface area contributed by atoms with Gasteiger partial charge in [0.15, 0.2) is 0 Å². The first-order valence-electron chi connectivity index (χ1n) is 20.6. The number of amides is 1. The van der Waals surface area contributed by atoms with Crippen molar-refractivity contribution in [1.29, 1.82) is 5.26 Å². The van der Waals surface area contributed by atoms with Crippen LogP contribution in [0, 0.1) is 28.1 Å². The van der Waals surface area contributed by atoms with Crippen molar-refractivity contribution in [3.63, 3.8) is 0 Å². The van der Waals surface area contributed by atoms with Gasteiger partial charge in [0, 0.05) is 79.3 Å². The lowest BCUT2D eigenvalue weighted by atomic mass is 9.49. The third-order valence-electron chi connectivity index (χ3n) is 13.4. The van der Waals surface area contributed by atoms with Gasteiger partial charge in [0.2, 0.25) is 10.0 Å². The number of hydrogen-bond acceptors (Lipinski definition) is 8. The molecule has 4 heterocycles. The fourth-order valence-electron chi connectivity index (χ4n) is 10.3. The second kappa shape index (κ2) is 16.9. The summed E-state index contributed by atoms with van der Waals surface area (Å²) in [6.07, 6.45) is 1.81. The van der Waals surface area contributed by atoms with Crippen LogP contribution < -0.4 is 15.0 Å². The standard InChI is InChI=1S/C44H54ClF3N6O4S/c1-42(2)40(43(3,4)41(42)58-36-10-7-32(25-49)38(45)24-36)51-39(55)31-5-8-35(9-6-31)53-19-11-29(12-20-53)28-52-17-15-37(16-18-52)59(56,57)54-21-13-30(14-22-54)33-23-34(27-50-26-33)44(46,47)48/h5-10,23-24,26-27,29-30,37,40-41H,11-22,28H2,1-4H3,(H,51,55). The van der Waals surface area contributed by atoms with Crippen LogP contribution in [0.5, 0.6) is 5.75 Å². The molecule has 4 fully saturated rings. The molecule has 318 valence electrons. The SMILES string of the molecule is CC1(C)C(NC(=O)c2ccc(N3CCC(CN4CCC(S(=O)(=O)N5CCC(c6cncc(C(F)(F)F)c6)CC5)CC4)CC3)cc2)C(C)(C)C1Oc1ccc(C#N)c(Cl)c1. The summed E-state index contributed by atoms with van der Waals surface area (Å²) in [5, 5.41) is 12.4. The topological polar surface area (TPSA) is 119 Å². The van der Waals surface area contributed by atoms with Crippen LogP contribution in [0.1, 0.15) is 99.2 Å². The number of likely N-dealkylation sites (tertiary alicyclic amines) is 1. The second-order valence-corrected chi connectivity index (χ2v) is 20.6. The molecule has 15 heteroatoms. The highest BCUT2D eigenvalue weighted by atomic mass is 35.5. The Morgan fingerprint density at radius 1 is 0.915 bits per heavy atom. The number of nitriles is 1. The number of anilines is 1. The van der Waals surface area contributed by atoms with Crippen molar-refractivity contribution >= 4 is 33.2 Å². The first kappa shape index (κ1) is 43.2. The quantitative estimate of drug-likeness (QED) is 0.217. The number of alkyl halides is 3. The van der Waals surface area contributed by atoms with Gasteiger partial charge in [-0.25, -0.2) is 12.7 Å². The minimum Gasteiger partial charge on any atom is -0.489 e. The van der Waals surface area contributed by atoms with Crippen LogP contribution in [0.25, 0.3) is 0 Å². The Morgan fingerprint density at radius 3 is 2.15 bits per heavy atom. The number of piperidine rings is 3. The Bertz CT molecular complexity index is 2120. The molecule has 1 amide bonds. The Morgan fingerprint density at radius 2 is 1.56 bits per heavy atom. The minimum atomic E-state index is -4.46. The Labute approximate surface area is 351 Å². The summed E-state index contributed by atoms with van der Waals surface area (Å²) in [4.78, 5) is 22.0. The van der Waals surface area contributed by atoms with Crippen molar-refractivity contribution in [3.8, 4) is 11.8 Å². The first-order valence-corrected chi connectivity index (χ1v) is 22.5. The minimum absolute atomic E-state index is 0.130. The van der Waals surface area contributed by atoms with E-state index in [1.165, 1.54) is 6.20 Å². The summed E-state index contributed by atoms with van der Waals surface area (Å²) in [6.45, 7) is 13.2. The fourth-order valence-corrected chi connectivity index (χ4v) is 12.4. The number of ether oxygens (including phenoxy) is 1. The summed E-state index contributed by atoms with van der Waals surface area (Å²) in [5.74, 6) is 0.831. The summed E-state index contributed by atoms with van der Waals surface area (Å²) < 4.78 is 74.8. The zero-order chi connectivity index (χ0) is 42.3. The molecule has 2 aromatic carbocycles. The van der Waals surface area contributed by atoms with E-state index in [9.17, 15) is 31.6 Å². The van der Waals surface area contributed by atoms with Crippen molar-refractivity contribution in [3.05, 3.63) is 88.2 Å². The average molecular weight is 855 g/mol. The van der Waals surface area contributed by atoms with Gasteiger partial charge in [0.25, 0.3) is 5.91 Å². The van der Waals surface area contributed by atoms with Crippen LogP contribution in [-0.2, 0) is 16.2 Å². The maximum absolute atomic E-state index is 13.6. The van der Waals surface area contributed by atoms with Crippen LogP contribution in [0.15, 0.2) is 60.9 Å². The zero-order valence-electron chi connectivity index (χ0n) is 34.1. The van der Waals surface area contributed by atoms with Crippen LogP contribution in [-0.4, -0.2) is 91.7 Å². The van der Waals surface area contributed by atoms with Crippen LogP contribution in [0.4, 0.5) is 18.9 Å². The summed E-state index contributed by atoms with van der Waals surface area (Å²) in [5.41, 5.74) is 1.09. The van der Waals surface area contributed by atoms with Crippen molar-refractivity contribution in [2.75, 3.05) is 50.7 Å². The maximum Gasteiger partial charge on any atom is 0.417 e. The number of pyridine rings is 1. The Kier molecular flexibility index (Phi) is 12.3. The van der Waals surface area contributed by atoms with Gasteiger partial charge in [0.1, 0.15) is 17.9 Å². The van der Waals surface area contributed by atoms with Gasteiger partial charge in [-0.15, -0.1) is 0 Å². The predicted octanol–water partition coefficient (Wildman–Crippen LogP) is 8.13. The monoisotopic (exact) mass is 854 g/mol. The van der Waals surface area contributed by atoms with E-state index in [1.807, 2.05) is 24.3 Å². The molecule has 1 aliphatic carbocycles. The van der Waals surface area contributed by atoms with Gasteiger partial charge in [0.05, 0.1) is 21.4 Å². The third-order valence-corrected chi connectivity index (χ3v) is 16.1. The van der Waals surface area contributed by atoms with E-state index in [4.69, 9.17) is 16.3 Å². The third kappa shape index (κ3) is 9.09. The molecule has 0 bridgehead atoms. The molecule has 3 saturated heterocycles. The van der Waals surface area contributed by atoms with E-state index in [0.29, 0.717) is 72.2 Å². The molecule has 0 unspecified atom stereocenters. The van der Waals surface area contributed by atoms with E-state index >= 15 is 0 Å². The van der Waals surface area contributed by atoms with Gasteiger partial charge >= 0.3 is 6.18 Å². The normalized spacial score (nSPS) is 23.6.